The number of hydrogen-bond acceptors (Lipinski definition) is 6. The molecule has 1 saturated heterocycles. The van der Waals surface area contributed by atoms with Gasteiger partial charge in [-0.05, 0) is 47.3 Å². The van der Waals surface area contributed by atoms with E-state index in [0.717, 1.165) is 33.8 Å². The Morgan fingerprint density at radius 3 is 2.65 bits per heavy atom. The zero-order chi connectivity index (χ0) is 18.7. The third kappa shape index (κ3) is 3.78. The van der Waals surface area contributed by atoms with Crippen LogP contribution in [0.3, 0.4) is 0 Å². The van der Waals surface area contributed by atoms with Gasteiger partial charge >= 0.3 is 0 Å². The van der Waals surface area contributed by atoms with E-state index in [1.54, 1.807) is 12.1 Å². The van der Waals surface area contributed by atoms with E-state index in [2.05, 4.69) is 11.1 Å². The molecule has 2 amide bonds. The lowest BCUT2D eigenvalue weighted by atomic mass is 10.2. The van der Waals surface area contributed by atoms with Crippen molar-refractivity contribution >= 4 is 51.5 Å². The lowest BCUT2D eigenvalue weighted by Gasteiger charge is -2.00. The Morgan fingerprint density at radius 1 is 1.19 bits per heavy atom. The van der Waals surface area contributed by atoms with E-state index in [1.807, 2.05) is 38.1 Å². The van der Waals surface area contributed by atoms with Gasteiger partial charge < -0.3 is 4.42 Å². The molecule has 134 valence electrons. The number of carbonyl (C=O) groups excluding carboxylic acids is 2. The first-order valence-corrected chi connectivity index (χ1v) is 9.88. The van der Waals surface area contributed by atoms with Crippen molar-refractivity contribution in [3.05, 3.63) is 52.6 Å². The molecule has 0 unspecified atom stereocenters. The number of benzene rings is 1. The van der Waals surface area contributed by atoms with Crippen LogP contribution in [0.25, 0.3) is 6.08 Å². The Morgan fingerprint density at radius 2 is 1.96 bits per heavy atom. The summed E-state index contributed by atoms with van der Waals surface area (Å²) < 4.78 is 5.74. The van der Waals surface area contributed by atoms with Crippen LogP contribution in [0.1, 0.15) is 25.2 Å². The van der Waals surface area contributed by atoms with Crippen LogP contribution in [0.5, 0.6) is 0 Å². The number of amides is 2. The van der Waals surface area contributed by atoms with Gasteiger partial charge in [-0.3, -0.25) is 14.5 Å². The predicted octanol–water partition coefficient (Wildman–Crippen LogP) is 5.35. The number of carbonyl (C=O) groups is 2. The quantitative estimate of drug-likeness (QED) is 0.651. The van der Waals surface area contributed by atoms with Gasteiger partial charge in [-0.15, -0.1) is 0 Å². The molecular formula is C19H18N2O3S2. The number of para-hydroxylation sites is 1. The molecule has 2 aliphatic rings. The predicted molar refractivity (Wildman–Crippen MR) is 107 cm³/mol. The van der Waals surface area contributed by atoms with Gasteiger partial charge in [0.25, 0.3) is 11.1 Å². The Bertz CT molecular complexity index is 915. The molecule has 0 aliphatic carbocycles. The molecule has 0 atom stereocenters. The fourth-order valence-electron chi connectivity index (χ4n) is 2.42. The van der Waals surface area contributed by atoms with Crippen LogP contribution in [0.15, 0.2) is 55.8 Å². The Kier molecular flexibility index (Phi) is 5.68. The topological polar surface area (TPSA) is 62.9 Å². The summed E-state index contributed by atoms with van der Waals surface area (Å²) in [5.41, 5.74) is 2.21. The minimum absolute atomic E-state index is 0.273. The highest BCUT2D eigenvalue weighted by Crippen LogP contribution is 2.35. The molecule has 5 nitrogen and oxygen atoms in total. The van der Waals surface area contributed by atoms with Crippen molar-refractivity contribution in [1.82, 2.24) is 4.90 Å². The maximum atomic E-state index is 11.9. The largest absolute Gasteiger partial charge is 0.450 e. The van der Waals surface area contributed by atoms with Crippen LogP contribution in [0.2, 0.25) is 0 Å². The summed E-state index contributed by atoms with van der Waals surface area (Å²) in [4.78, 5) is 29.4. The number of rotatable bonds is 2. The molecule has 7 heteroatoms. The molecule has 0 bridgehead atoms. The molecule has 3 heterocycles. The Balaban J connectivity index is 0.000000948. The van der Waals surface area contributed by atoms with E-state index in [0.29, 0.717) is 15.8 Å². The summed E-state index contributed by atoms with van der Waals surface area (Å²) in [7, 11) is 1.47. The maximum absolute atomic E-state index is 11.9. The van der Waals surface area contributed by atoms with Gasteiger partial charge in [0, 0.05) is 19.5 Å². The average Bonchev–Trinajstić information content (AvgIpc) is 3.32. The summed E-state index contributed by atoms with van der Waals surface area (Å²) in [5, 5.41) is 1.42. The van der Waals surface area contributed by atoms with Gasteiger partial charge in [-0.1, -0.05) is 32.0 Å². The normalized spacial score (nSPS) is 17.3. The van der Waals surface area contributed by atoms with Crippen LogP contribution < -0.4 is 0 Å². The maximum Gasteiger partial charge on any atom is 0.293 e. The number of aliphatic imine (C=N–C) groups is 1. The molecular weight excluding hydrogens is 368 g/mol. The monoisotopic (exact) mass is 386 g/mol. The van der Waals surface area contributed by atoms with E-state index in [-0.39, 0.29) is 11.1 Å². The number of thioether (sulfide) groups is 2. The standard InChI is InChI=1S/C17H12N2O3S2.C2H6/c1-19-16(20)13(23-17(19)21)9-11-6-7-15(22-11)24-14-8-10-4-2-3-5-12(10)18-14;1-2/h2-7,9H,8H2,1H3;1-2H3/b13-9-;. The minimum atomic E-state index is -0.300. The van der Waals surface area contributed by atoms with Crippen molar-refractivity contribution in [2.24, 2.45) is 4.99 Å². The number of likely N-dealkylation sites (N-methyl/N-ethyl adjacent to an activating group) is 1. The molecule has 2 aromatic rings. The molecule has 2 aliphatic heterocycles. The van der Waals surface area contributed by atoms with E-state index in [1.165, 1.54) is 24.4 Å². The van der Waals surface area contributed by atoms with Crippen molar-refractivity contribution < 1.29 is 14.0 Å². The van der Waals surface area contributed by atoms with Gasteiger partial charge in [-0.25, -0.2) is 4.99 Å². The van der Waals surface area contributed by atoms with Crippen molar-refractivity contribution in [3.63, 3.8) is 0 Å². The highest BCUT2D eigenvalue weighted by molar-refractivity contribution is 8.18. The van der Waals surface area contributed by atoms with Gasteiger partial charge in [0.15, 0.2) is 5.09 Å². The lowest BCUT2D eigenvalue weighted by Crippen LogP contribution is -2.22. The summed E-state index contributed by atoms with van der Waals surface area (Å²) in [5.74, 6) is 0.249. The van der Waals surface area contributed by atoms with Crippen molar-refractivity contribution in [2.75, 3.05) is 7.05 Å². The molecule has 0 spiro atoms. The van der Waals surface area contributed by atoms with Crippen LogP contribution in [0, 0.1) is 0 Å². The second kappa shape index (κ2) is 7.97. The number of imide groups is 1. The molecule has 4 rings (SSSR count). The number of nitrogens with zero attached hydrogens (tertiary/aromatic N) is 2. The van der Waals surface area contributed by atoms with Gasteiger partial charge in [0.05, 0.1) is 15.6 Å². The lowest BCUT2D eigenvalue weighted by molar-refractivity contribution is -0.121. The zero-order valence-corrected chi connectivity index (χ0v) is 16.3. The molecule has 0 N–H and O–H groups in total. The Hall–Kier alpha value is -2.25. The minimum Gasteiger partial charge on any atom is -0.450 e. The molecule has 0 saturated carbocycles. The van der Waals surface area contributed by atoms with E-state index >= 15 is 0 Å². The van der Waals surface area contributed by atoms with Crippen LogP contribution in [-0.4, -0.2) is 28.1 Å². The summed E-state index contributed by atoms with van der Waals surface area (Å²) in [6.45, 7) is 4.00. The molecule has 1 aromatic heterocycles. The average molecular weight is 386 g/mol. The third-order valence-corrected chi connectivity index (χ3v) is 5.51. The SMILES string of the molecule is CC.CN1C(=O)S/C(=C\c2ccc(SC3=Nc4ccccc4C3)o2)C1=O. The molecule has 1 fully saturated rings. The Labute approximate surface area is 160 Å². The van der Waals surface area contributed by atoms with Gasteiger partial charge in [0.2, 0.25) is 0 Å². The highest BCUT2D eigenvalue weighted by atomic mass is 32.2. The second-order valence-electron chi connectivity index (χ2n) is 5.31. The molecule has 26 heavy (non-hydrogen) atoms. The van der Waals surface area contributed by atoms with Crippen molar-refractivity contribution in [2.45, 2.75) is 25.4 Å². The van der Waals surface area contributed by atoms with Crippen LogP contribution >= 0.6 is 23.5 Å². The fourth-order valence-corrected chi connectivity index (χ4v) is 4.11. The van der Waals surface area contributed by atoms with Crippen LogP contribution in [0.4, 0.5) is 10.5 Å². The summed E-state index contributed by atoms with van der Waals surface area (Å²) >= 11 is 2.39. The zero-order valence-electron chi connectivity index (χ0n) is 14.7. The smallest absolute Gasteiger partial charge is 0.293 e. The van der Waals surface area contributed by atoms with Gasteiger partial charge in [0.1, 0.15) is 5.76 Å². The first-order valence-electron chi connectivity index (χ1n) is 8.25. The third-order valence-electron chi connectivity index (χ3n) is 3.66. The first-order chi connectivity index (χ1) is 12.6. The van der Waals surface area contributed by atoms with E-state index in [4.69, 9.17) is 4.42 Å². The fraction of sp³-hybridized carbons (Fsp3) is 0.211. The highest BCUT2D eigenvalue weighted by Gasteiger charge is 2.32. The molecule has 1 aromatic carbocycles. The van der Waals surface area contributed by atoms with Gasteiger partial charge in [-0.2, -0.15) is 0 Å². The number of fused-ring (bicyclic) bond motifs is 1. The molecule has 0 radical (unpaired) electrons. The van der Waals surface area contributed by atoms with E-state index in [9.17, 15) is 9.59 Å². The number of hydrogen-bond donors (Lipinski definition) is 0. The van der Waals surface area contributed by atoms with E-state index < -0.39 is 0 Å². The van der Waals surface area contributed by atoms with Crippen LogP contribution in [-0.2, 0) is 11.2 Å². The number of furan rings is 1. The summed E-state index contributed by atoms with van der Waals surface area (Å²) in [6, 6.07) is 11.7. The van der Waals surface area contributed by atoms with Crippen molar-refractivity contribution in [3.8, 4) is 0 Å². The summed E-state index contributed by atoms with van der Waals surface area (Å²) in [6.07, 6.45) is 2.40. The first kappa shape index (κ1) is 18.5. The second-order valence-corrected chi connectivity index (χ2v) is 7.38. The van der Waals surface area contributed by atoms with Crippen molar-refractivity contribution in [1.29, 1.82) is 0 Å².